The normalized spacial score (nSPS) is 12.6. The van der Waals surface area contributed by atoms with Gasteiger partial charge in [-0.05, 0) is 30.2 Å². The Kier molecular flexibility index (Phi) is 2.37. The van der Waals surface area contributed by atoms with Crippen LogP contribution in [0.2, 0.25) is 0 Å². The predicted octanol–water partition coefficient (Wildman–Crippen LogP) is 0.892. The lowest BCUT2D eigenvalue weighted by atomic mass is 10.1. The quantitative estimate of drug-likeness (QED) is 0.758. The van der Waals surface area contributed by atoms with Gasteiger partial charge < -0.3 is 20.5 Å². The van der Waals surface area contributed by atoms with Gasteiger partial charge in [-0.25, -0.2) is 4.79 Å². The van der Waals surface area contributed by atoms with E-state index in [2.05, 4.69) is 5.32 Å². The molecule has 5 heteroatoms. The Morgan fingerprint density at radius 1 is 1.47 bits per heavy atom. The van der Waals surface area contributed by atoms with Crippen molar-refractivity contribution in [3.05, 3.63) is 23.3 Å². The standard InChI is InChI=1S/C10H12N2O3/c1-6-2-8-9(15-5-14-8)3-7(6)4-12-10(11)13/h2-3H,4-5H2,1H3,(H3,11,12,13). The van der Waals surface area contributed by atoms with Gasteiger partial charge in [-0.3, -0.25) is 0 Å². The third kappa shape index (κ3) is 1.96. The molecule has 0 atom stereocenters. The van der Waals surface area contributed by atoms with Crippen LogP contribution in [0.3, 0.4) is 0 Å². The first-order valence-electron chi connectivity index (χ1n) is 4.59. The van der Waals surface area contributed by atoms with Crippen LogP contribution < -0.4 is 20.5 Å². The Morgan fingerprint density at radius 3 is 2.80 bits per heavy atom. The maximum absolute atomic E-state index is 10.6. The molecule has 0 aromatic heterocycles. The van der Waals surface area contributed by atoms with Crippen molar-refractivity contribution in [1.29, 1.82) is 0 Å². The Hall–Kier alpha value is -1.91. The van der Waals surface area contributed by atoms with E-state index in [0.29, 0.717) is 12.3 Å². The molecule has 2 amide bonds. The van der Waals surface area contributed by atoms with Crippen molar-refractivity contribution in [3.8, 4) is 11.5 Å². The molecule has 1 aromatic carbocycles. The minimum absolute atomic E-state index is 0.251. The van der Waals surface area contributed by atoms with Crippen LogP contribution in [0, 0.1) is 6.92 Å². The van der Waals surface area contributed by atoms with Gasteiger partial charge in [0.15, 0.2) is 11.5 Å². The molecule has 1 aliphatic heterocycles. The molecule has 2 rings (SSSR count). The first kappa shape index (κ1) is 9.64. The third-order valence-electron chi connectivity index (χ3n) is 2.28. The van der Waals surface area contributed by atoms with E-state index in [1.807, 2.05) is 19.1 Å². The molecule has 5 nitrogen and oxygen atoms in total. The molecule has 15 heavy (non-hydrogen) atoms. The molecular formula is C10H12N2O3. The topological polar surface area (TPSA) is 73.6 Å². The minimum Gasteiger partial charge on any atom is -0.454 e. The molecule has 0 unspecified atom stereocenters. The lowest BCUT2D eigenvalue weighted by molar-refractivity contribution is 0.174. The molecule has 0 spiro atoms. The van der Waals surface area contributed by atoms with E-state index in [0.717, 1.165) is 16.9 Å². The summed E-state index contributed by atoms with van der Waals surface area (Å²) >= 11 is 0. The second kappa shape index (κ2) is 3.68. The van der Waals surface area contributed by atoms with Crippen molar-refractivity contribution in [2.75, 3.05) is 6.79 Å². The molecule has 0 saturated carbocycles. The van der Waals surface area contributed by atoms with Crippen LogP contribution in [0.5, 0.6) is 11.5 Å². The number of carbonyl (C=O) groups excluding carboxylic acids is 1. The number of urea groups is 1. The van der Waals surface area contributed by atoms with Crippen LogP contribution in [0.4, 0.5) is 4.79 Å². The molecule has 3 N–H and O–H groups in total. The van der Waals surface area contributed by atoms with E-state index in [4.69, 9.17) is 15.2 Å². The van der Waals surface area contributed by atoms with Crippen LogP contribution in [-0.2, 0) is 6.54 Å². The minimum atomic E-state index is -0.535. The zero-order chi connectivity index (χ0) is 10.8. The highest BCUT2D eigenvalue weighted by atomic mass is 16.7. The average Bonchev–Trinajstić information content (AvgIpc) is 2.60. The molecule has 1 aromatic rings. The number of nitrogens with two attached hydrogens (primary N) is 1. The predicted molar refractivity (Wildman–Crippen MR) is 53.7 cm³/mol. The van der Waals surface area contributed by atoms with Crippen molar-refractivity contribution in [2.24, 2.45) is 5.73 Å². The summed E-state index contributed by atoms with van der Waals surface area (Å²) in [6.07, 6.45) is 0. The molecule has 0 saturated heterocycles. The summed E-state index contributed by atoms with van der Waals surface area (Å²) in [5.41, 5.74) is 7.00. The number of hydrogen-bond acceptors (Lipinski definition) is 3. The van der Waals surface area contributed by atoms with Gasteiger partial charge in [0, 0.05) is 6.54 Å². The zero-order valence-electron chi connectivity index (χ0n) is 8.37. The summed E-state index contributed by atoms with van der Waals surface area (Å²) in [6.45, 7) is 2.60. The summed E-state index contributed by atoms with van der Waals surface area (Å²) in [6, 6.07) is 3.21. The summed E-state index contributed by atoms with van der Waals surface area (Å²) in [4.78, 5) is 10.6. The second-order valence-electron chi connectivity index (χ2n) is 3.35. The van der Waals surface area contributed by atoms with Crippen LogP contribution in [0.15, 0.2) is 12.1 Å². The van der Waals surface area contributed by atoms with Gasteiger partial charge in [-0.1, -0.05) is 0 Å². The molecule has 0 aliphatic carbocycles. The number of benzene rings is 1. The van der Waals surface area contributed by atoms with E-state index >= 15 is 0 Å². The SMILES string of the molecule is Cc1cc2c(cc1CNC(N)=O)OCO2. The van der Waals surface area contributed by atoms with Gasteiger partial charge in [0.1, 0.15) is 0 Å². The lowest BCUT2D eigenvalue weighted by Gasteiger charge is -2.07. The number of aryl methyl sites for hydroxylation is 1. The average molecular weight is 208 g/mol. The number of amides is 2. The van der Waals surface area contributed by atoms with Gasteiger partial charge in [-0.2, -0.15) is 0 Å². The monoisotopic (exact) mass is 208 g/mol. The van der Waals surface area contributed by atoms with E-state index in [-0.39, 0.29) is 6.79 Å². The second-order valence-corrected chi connectivity index (χ2v) is 3.35. The number of carbonyl (C=O) groups is 1. The Morgan fingerprint density at radius 2 is 2.13 bits per heavy atom. The first-order valence-corrected chi connectivity index (χ1v) is 4.59. The fraction of sp³-hybridized carbons (Fsp3) is 0.300. The lowest BCUT2D eigenvalue weighted by Crippen LogP contribution is -2.28. The number of rotatable bonds is 2. The van der Waals surface area contributed by atoms with Crippen LogP contribution >= 0.6 is 0 Å². The van der Waals surface area contributed by atoms with Crippen molar-refractivity contribution < 1.29 is 14.3 Å². The third-order valence-corrected chi connectivity index (χ3v) is 2.28. The number of hydrogen-bond donors (Lipinski definition) is 2. The van der Waals surface area contributed by atoms with E-state index in [9.17, 15) is 4.79 Å². The maximum atomic E-state index is 10.6. The fourth-order valence-corrected chi connectivity index (χ4v) is 1.46. The van der Waals surface area contributed by atoms with E-state index in [1.165, 1.54) is 0 Å². The highest BCUT2D eigenvalue weighted by Gasteiger charge is 2.15. The van der Waals surface area contributed by atoms with Crippen molar-refractivity contribution in [3.63, 3.8) is 0 Å². The highest BCUT2D eigenvalue weighted by molar-refractivity contribution is 5.71. The summed E-state index contributed by atoms with van der Waals surface area (Å²) in [5, 5.41) is 2.54. The van der Waals surface area contributed by atoms with Crippen LogP contribution in [0.1, 0.15) is 11.1 Å². The number of fused-ring (bicyclic) bond motifs is 1. The van der Waals surface area contributed by atoms with Gasteiger partial charge in [0.05, 0.1) is 0 Å². The molecule has 0 bridgehead atoms. The number of nitrogens with one attached hydrogen (secondary N) is 1. The van der Waals surface area contributed by atoms with Crippen molar-refractivity contribution >= 4 is 6.03 Å². The van der Waals surface area contributed by atoms with E-state index in [1.54, 1.807) is 0 Å². The molecule has 80 valence electrons. The van der Waals surface area contributed by atoms with Gasteiger partial charge in [0.2, 0.25) is 6.79 Å². The maximum Gasteiger partial charge on any atom is 0.312 e. The Bertz CT molecular complexity index is 404. The molecule has 0 fully saturated rings. The van der Waals surface area contributed by atoms with Crippen LogP contribution in [-0.4, -0.2) is 12.8 Å². The smallest absolute Gasteiger partial charge is 0.312 e. The van der Waals surface area contributed by atoms with Crippen LogP contribution in [0.25, 0.3) is 0 Å². The Balaban J connectivity index is 2.21. The number of ether oxygens (including phenoxy) is 2. The highest BCUT2D eigenvalue weighted by Crippen LogP contribution is 2.34. The van der Waals surface area contributed by atoms with E-state index < -0.39 is 6.03 Å². The van der Waals surface area contributed by atoms with Gasteiger partial charge in [0.25, 0.3) is 0 Å². The Labute approximate surface area is 87.2 Å². The number of primary amides is 1. The molecular weight excluding hydrogens is 196 g/mol. The first-order chi connectivity index (χ1) is 7.16. The van der Waals surface area contributed by atoms with Gasteiger partial charge in [-0.15, -0.1) is 0 Å². The fourth-order valence-electron chi connectivity index (χ4n) is 1.46. The van der Waals surface area contributed by atoms with Crippen molar-refractivity contribution in [2.45, 2.75) is 13.5 Å². The summed E-state index contributed by atoms with van der Waals surface area (Å²) in [5.74, 6) is 1.46. The van der Waals surface area contributed by atoms with Gasteiger partial charge >= 0.3 is 6.03 Å². The molecule has 0 radical (unpaired) electrons. The summed E-state index contributed by atoms with van der Waals surface area (Å²) < 4.78 is 10.5. The zero-order valence-corrected chi connectivity index (χ0v) is 8.37. The largest absolute Gasteiger partial charge is 0.454 e. The van der Waals surface area contributed by atoms with Crippen molar-refractivity contribution in [1.82, 2.24) is 5.32 Å². The summed E-state index contributed by atoms with van der Waals surface area (Å²) in [7, 11) is 0. The molecule has 1 heterocycles. The molecule has 1 aliphatic rings.